The molecule has 0 bridgehead atoms. The largest absolute Gasteiger partial charge is 0.497 e. The monoisotopic (exact) mass is 494 g/mol. The summed E-state index contributed by atoms with van der Waals surface area (Å²) < 4.78 is 5.38. The average Bonchev–Trinajstić information content (AvgIpc) is 3.13. The van der Waals surface area contributed by atoms with Crippen LogP contribution in [0.5, 0.6) is 5.75 Å². The minimum atomic E-state index is -0.0672. The first-order valence-corrected chi connectivity index (χ1v) is 12.4. The number of rotatable bonds is 4. The second-order valence-electron chi connectivity index (χ2n) is 9.44. The SMILES string of the molecule is COc1cccc(CN2CCC3(CC2)CN(C(=O)c2ccc(Cl)cc2Cl)c2ccc(C)cc23)c1. The molecule has 3 aromatic rings. The standard InChI is InChI=1S/C28H28Cl2N2O2/c1-19-6-9-26-24(14-19)28(18-32(26)27(33)23-8-7-21(29)16-25(23)30)10-12-31(13-11-28)17-20-4-3-5-22(15-20)34-2/h3-9,14-16H,10-13,17-18H2,1-2H3. The van der Waals surface area contributed by atoms with Crippen LogP contribution in [0, 0.1) is 6.92 Å². The number of hydrogen-bond acceptors (Lipinski definition) is 3. The molecule has 6 heteroatoms. The van der Waals surface area contributed by atoms with Crippen LogP contribution in [-0.2, 0) is 12.0 Å². The number of carbonyl (C=O) groups is 1. The summed E-state index contributed by atoms with van der Waals surface area (Å²) in [4.78, 5) is 18.0. The van der Waals surface area contributed by atoms with Gasteiger partial charge in [0.1, 0.15) is 5.75 Å². The summed E-state index contributed by atoms with van der Waals surface area (Å²) in [6, 6.07) is 19.8. The molecule has 0 radical (unpaired) electrons. The molecule has 0 atom stereocenters. The Balaban J connectivity index is 1.38. The van der Waals surface area contributed by atoms with E-state index in [1.165, 1.54) is 16.7 Å². The van der Waals surface area contributed by atoms with Crippen LogP contribution in [-0.4, -0.2) is 37.6 Å². The second kappa shape index (κ2) is 9.26. The normalized spacial score (nSPS) is 17.1. The minimum absolute atomic E-state index is 0.0409. The molecule has 0 saturated carbocycles. The number of amides is 1. The fourth-order valence-electron chi connectivity index (χ4n) is 5.37. The van der Waals surface area contributed by atoms with Crippen molar-refractivity contribution in [3.63, 3.8) is 0 Å². The van der Waals surface area contributed by atoms with Gasteiger partial charge in [-0.3, -0.25) is 9.69 Å². The number of likely N-dealkylation sites (tertiary alicyclic amines) is 1. The maximum absolute atomic E-state index is 13.6. The van der Waals surface area contributed by atoms with E-state index in [0.29, 0.717) is 22.2 Å². The topological polar surface area (TPSA) is 32.8 Å². The fraction of sp³-hybridized carbons (Fsp3) is 0.321. The fourth-order valence-corrected chi connectivity index (χ4v) is 5.86. The molecule has 4 nitrogen and oxygen atoms in total. The molecular formula is C28H28Cl2N2O2. The number of carbonyl (C=O) groups excluding carboxylic acids is 1. The number of anilines is 1. The Kier molecular flexibility index (Phi) is 6.32. The number of fused-ring (bicyclic) bond motifs is 2. The van der Waals surface area contributed by atoms with Crippen molar-refractivity contribution in [3.8, 4) is 5.75 Å². The van der Waals surface area contributed by atoms with Gasteiger partial charge in [0.2, 0.25) is 0 Å². The van der Waals surface area contributed by atoms with Crippen molar-refractivity contribution in [1.82, 2.24) is 4.90 Å². The number of piperidine rings is 1. The first-order chi connectivity index (χ1) is 16.4. The summed E-state index contributed by atoms with van der Waals surface area (Å²) in [7, 11) is 1.70. The van der Waals surface area contributed by atoms with Gasteiger partial charge < -0.3 is 9.64 Å². The Hall–Kier alpha value is -2.53. The lowest BCUT2D eigenvalue weighted by Gasteiger charge is -2.40. The highest BCUT2D eigenvalue weighted by Crippen LogP contribution is 2.48. The Morgan fingerprint density at radius 2 is 1.82 bits per heavy atom. The molecule has 0 aromatic heterocycles. The number of benzene rings is 3. The van der Waals surface area contributed by atoms with E-state index in [-0.39, 0.29) is 11.3 Å². The predicted octanol–water partition coefficient (Wildman–Crippen LogP) is 6.50. The van der Waals surface area contributed by atoms with E-state index >= 15 is 0 Å². The van der Waals surface area contributed by atoms with Gasteiger partial charge in [0.05, 0.1) is 17.7 Å². The first-order valence-electron chi connectivity index (χ1n) is 11.6. The molecule has 1 saturated heterocycles. The number of nitrogens with zero attached hydrogens (tertiary/aromatic N) is 2. The van der Waals surface area contributed by atoms with Gasteiger partial charge in [-0.15, -0.1) is 0 Å². The lowest BCUT2D eigenvalue weighted by molar-refractivity contribution is 0.0975. The molecule has 3 aromatic carbocycles. The van der Waals surface area contributed by atoms with Crippen molar-refractivity contribution >= 4 is 34.8 Å². The van der Waals surface area contributed by atoms with Crippen LogP contribution in [0.25, 0.3) is 0 Å². The van der Waals surface area contributed by atoms with Crippen molar-refractivity contribution in [2.45, 2.75) is 31.7 Å². The predicted molar refractivity (Wildman–Crippen MR) is 139 cm³/mol. The average molecular weight is 495 g/mol. The van der Waals surface area contributed by atoms with Crippen LogP contribution in [0.4, 0.5) is 5.69 Å². The van der Waals surface area contributed by atoms with Crippen molar-refractivity contribution in [2.24, 2.45) is 0 Å². The summed E-state index contributed by atoms with van der Waals surface area (Å²) in [6.07, 6.45) is 2.01. The summed E-state index contributed by atoms with van der Waals surface area (Å²) in [5, 5.41) is 0.916. The zero-order valence-electron chi connectivity index (χ0n) is 19.5. The quantitative estimate of drug-likeness (QED) is 0.414. The molecule has 1 amide bonds. The van der Waals surface area contributed by atoms with Gasteiger partial charge in [0, 0.05) is 29.2 Å². The van der Waals surface area contributed by atoms with Gasteiger partial charge in [0.15, 0.2) is 0 Å². The lowest BCUT2D eigenvalue weighted by atomic mass is 9.74. The molecule has 2 heterocycles. The van der Waals surface area contributed by atoms with E-state index in [1.54, 1.807) is 25.3 Å². The van der Waals surface area contributed by atoms with Crippen LogP contribution in [0.2, 0.25) is 10.0 Å². The molecule has 1 fully saturated rings. The van der Waals surface area contributed by atoms with E-state index in [9.17, 15) is 4.79 Å². The number of methoxy groups -OCH3 is 1. The van der Waals surface area contributed by atoms with Crippen molar-refractivity contribution < 1.29 is 9.53 Å². The van der Waals surface area contributed by atoms with Crippen LogP contribution in [0.3, 0.4) is 0 Å². The molecule has 1 spiro atoms. The third kappa shape index (κ3) is 4.31. The highest BCUT2D eigenvalue weighted by atomic mass is 35.5. The van der Waals surface area contributed by atoms with Crippen molar-refractivity contribution in [1.29, 1.82) is 0 Å². The summed E-state index contributed by atoms with van der Waals surface area (Å²) in [6.45, 7) is 5.66. The Morgan fingerprint density at radius 3 is 2.56 bits per heavy atom. The molecule has 0 unspecified atom stereocenters. The van der Waals surface area contributed by atoms with E-state index in [1.807, 2.05) is 17.0 Å². The van der Waals surface area contributed by atoms with E-state index in [0.717, 1.165) is 43.9 Å². The van der Waals surface area contributed by atoms with Crippen LogP contribution in [0.1, 0.15) is 39.9 Å². The van der Waals surface area contributed by atoms with Gasteiger partial charge in [-0.1, -0.05) is 53.0 Å². The summed E-state index contributed by atoms with van der Waals surface area (Å²) in [5.74, 6) is 0.823. The van der Waals surface area contributed by atoms with Gasteiger partial charge in [-0.25, -0.2) is 0 Å². The Bertz CT molecular complexity index is 1230. The minimum Gasteiger partial charge on any atom is -0.497 e. The maximum atomic E-state index is 13.6. The molecule has 2 aliphatic rings. The smallest absolute Gasteiger partial charge is 0.259 e. The third-order valence-electron chi connectivity index (χ3n) is 7.24. The summed E-state index contributed by atoms with van der Waals surface area (Å²) >= 11 is 12.5. The third-order valence-corrected chi connectivity index (χ3v) is 7.78. The van der Waals surface area contributed by atoms with Crippen molar-refractivity contribution in [2.75, 3.05) is 31.6 Å². The second-order valence-corrected chi connectivity index (χ2v) is 10.3. The van der Waals surface area contributed by atoms with Gasteiger partial charge in [0.25, 0.3) is 5.91 Å². The highest BCUT2D eigenvalue weighted by molar-refractivity contribution is 6.37. The zero-order chi connectivity index (χ0) is 23.9. The van der Waals surface area contributed by atoms with Crippen molar-refractivity contribution in [3.05, 3.63) is 93.0 Å². The molecule has 5 rings (SSSR count). The molecule has 0 N–H and O–H groups in total. The number of halogens is 2. The van der Waals surface area contributed by atoms with Crippen LogP contribution in [0.15, 0.2) is 60.7 Å². The first kappa shape index (κ1) is 23.2. The highest BCUT2D eigenvalue weighted by Gasteiger charge is 2.46. The molecule has 34 heavy (non-hydrogen) atoms. The summed E-state index contributed by atoms with van der Waals surface area (Å²) in [5.41, 5.74) is 5.21. The maximum Gasteiger partial charge on any atom is 0.259 e. The molecule has 2 aliphatic heterocycles. The molecule has 0 aliphatic carbocycles. The van der Waals surface area contributed by atoms with E-state index in [4.69, 9.17) is 27.9 Å². The van der Waals surface area contributed by atoms with Gasteiger partial charge in [-0.2, -0.15) is 0 Å². The van der Waals surface area contributed by atoms with Crippen LogP contribution < -0.4 is 9.64 Å². The van der Waals surface area contributed by atoms with E-state index in [2.05, 4.69) is 42.2 Å². The lowest BCUT2D eigenvalue weighted by Crippen LogP contribution is -2.45. The molecular weight excluding hydrogens is 467 g/mol. The van der Waals surface area contributed by atoms with Gasteiger partial charge in [-0.05, 0) is 80.4 Å². The Labute approximate surface area is 211 Å². The molecule has 176 valence electrons. The van der Waals surface area contributed by atoms with Gasteiger partial charge >= 0.3 is 0 Å². The number of ether oxygens (including phenoxy) is 1. The number of aryl methyl sites for hydroxylation is 1. The Morgan fingerprint density at radius 1 is 1.03 bits per heavy atom. The zero-order valence-corrected chi connectivity index (χ0v) is 21.0. The van der Waals surface area contributed by atoms with E-state index < -0.39 is 0 Å². The number of hydrogen-bond donors (Lipinski definition) is 0. The van der Waals surface area contributed by atoms with Crippen LogP contribution >= 0.6 is 23.2 Å².